The highest BCUT2D eigenvalue weighted by molar-refractivity contribution is 7.98. The number of thioether (sulfide) groups is 1. The van der Waals surface area contributed by atoms with Gasteiger partial charge in [0.25, 0.3) is 0 Å². The molecule has 0 radical (unpaired) electrons. The summed E-state index contributed by atoms with van der Waals surface area (Å²) in [7, 11) is 0. The second-order valence-electron chi connectivity index (χ2n) is 5.65. The normalized spacial score (nSPS) is 10.6. The maximum absolute atomic E-state index is 12.0. The van der Waals surface area contributed by atoms with Crippen LogP contribution in [0.4, 0.5) is 5.69 Å². The van der Waals surface area contributed by atoms with Crippen molar-refractivity contribution >= 4 is 23.4 Å². The molecule has 0 saturated carbocycles. The molecule has 0 spiro atoms. The topological polar surface area (TPSA) is 68.0 Å². The van der Waals surface area contributed by atoms with Crippen LogP contribution in [0.5, 0.6) is 0 Å². The first-order valence-corrected chi connectivity index (χ1v) is 9.20. The van der Waals surface area contributed by atoms with E-state index < -0.39 is 0 Å². The molecule has 25 heavy (non-hydrogen) atoms. The van der Waals surface area contributed by atoms with Crippen LogP contribution in [-0.4, -0.2) is 22.3 Å². The van der Waals surface area contributed by atoms with Crippen LogP contribution in [0.25, 0.3) is 11.4 Å². The van der Waals surface area contributed by atoms with Gasteiger partial charge < -0.3 is 9.84 Å². The fourth-order valence-corrected chi connectivity index (χ4v) is 2.70. The Kier molecular flexibility index (Phi) is 5.50. The largest absolute Gasteiger partial charge is 0.339 e. The van der Waals surface area contributed by atoms with Gasteiger partial charge in [-0.3, -0.25) is 4.79 Å². The number of aromatic nitrogens is 2. The highest BCUT2D eigenvalue weighted by atomic mass is 32.2. The average Bonchev–Trinajstić information content (AvgIpc) is 3.10. The third-order valence-electron chi connectivity index (χ3n) is 3.72. The third kappa shape index (κ3) is 4.70. The molecule has 1 aromatic heterocycles. The number of anilines is 1. The van der Waals surface area contributed by atoms with Gasteiger partial charge in [-0.15, -0.1) is 11.8 Å². The number of nitrogens with zero attached hydrogens (tertiary/aromatic N) is 2. The Morgan fingerprint density at radius 3 is 2.52 bits per heavy atom. The van der Waals surface area contributed by atoms with Gasteiger partial charge in [0.15, 0.2) is 0 Å². The first-order valence-electron chi connectivity index (χ1n) is 7.97. The summed E-state index contributed by atoms with van der Waals surface area (Å²) in [5.74, 6) is 0.929. The first kappa shape index (κ1) is 17.2. The smallest absolute Gasteiger partial charge is 0.227 e. The zero-order valence-corrected chi connectivity index (χ0v) is 15.0. The molecule has 128 valence electrons. The van der Waals surface area contributed by atoms with Gasteiger partial charge in [0, 0.05) is 29.0 Å². The first-order chi connectivity index (χ1) is 12.1. The fraction of sp³-hybridized carbons (Fsp3) is 0.211. The monoisotopic (exact) mass is 353 g/mol. The number of hydrogen-bond acceptors (Lipinski definition) is 5. The minimum atomic E-state index is -0.0769. The van der Waals surface area contributed by atoms with E-state index in [1.165, 1.54) is 5.56 Å². The minimum absolute atomic E-state index is 0.0769. The SMILES string of the molecule is CSc1ccc(NC(=O)CCc2nc(-c3ccc(C)cc3)no2)cc1. The molecule has 5 nitrogen and oxygen atoms in total. The van der Waals surface area contributed by atoms with Crippen molar-refractivity contribution in [3.05, 3.63) is 60.0 Å². The molecule has 1 heterocycles. The second kappa shape index (κ2) is 7.98. The van der Waals surface area contributed by atoms with Gasteiger partial charge in [0.05, 0.1) is 0 Å². The van der Waals surface area contributed by atoms with Crippen LogP contribution in [0.15, 0.2) is 57.9 Å². The molecule has 0 bridgehead atoms. The molecule has 0 saturated heterocycles. The molecule has 6 heteroatoms. The summed E-state index contributed by atoms with van der Waals surface area (Å²) >= 11 is 1.66. The lowest BCUT2D eigenvalue weighted by Crippen LogP contribution is -2.12. The minimum Gasteiger partial charge on any atom is -0.339 e. The van der Waals surface area contributed by atoms with Gasteiger partial charge in [0.2, 0.25) is 17.6 Å². The number of nitrogens with one attached hydrogen (secondary N) is 1. The van der Waals surface area contributed by atoms with Crippen LogP contribution in [0.3, 0.4) is 0 Å². The molecule has 0 aliphatic rings. The molecule has 0 atom stereocenters. The Morgan fingerprint density at radius 1 is 1.12 bits per heavy atom. The number of carbonyl (C=O) groups excluding carboxylic acids is 1. The summed E-state index contributed by atoms with van der Waals surface area (Å²) in [5, 5.41) is 6.85. The van der Waals surface area contributed by atoms with Crippen LogP contribution in [0.1, 0.15) is 17.9 Å². The van der Waals surface area contributed by atoms with E-state index in [0.29, 0.717) is 24.6 Å². The Balaban J connectivity index is 1.54. The quantitative estimate of drug-likeness (QED) is 0.668. The predicted octanol–water partition coefficient (Wildman–Crippen LogP) is 4.34. The summed E-state index contributed by atoms with van der Waals surface area (Å²) in [6.45, 7) is 2.03. The lowest BCUT2D eigenvalue weighted by atomic mass is 10.1. The van der Waals surface area contributed by atoms with E-state index in [0.717, 1.165) is 16.1 Å². The molecule has 1 amide bonds. The number of aryl methyl sites for hydroxylation is 2. The van der Waals surface area contributed by atoms with E-state index in [1.807, 2.05) is 61.7 Å². The Hall–Kier alpha value is -2.60. The van der Waals surface area contributed by atoms with Crippen molar-refractivity contribution in [2.45, 2.75) is 24.7 Å². The van der Waals surface area contributed by atoms with Crippen LogP contribution in [0.2, 0.25) is 0 Å². The summed E-state index contributed by atoms with van der Waals surface area (Å²) in [5.41, 5.74) is 2.86. The Labute approximate surface area is 150 Å². The molecule has 0 aliphatic heterocycles. The zero-order chi connectivity index (χ0) is 17.6. The maximum Gasteiger partial charge on any atom is 0.227 e. The van der Waals surface area contributed by atoms with Gasteiger partial charge in [-0.2, -0.15) is 4.98 Å². The van der Waals surface area contributed by atoms with Crippen LogP contribution < -0.4 is 5.32 Å². The van der Waals surface area contributed by atoms with E-state index in [1.54, 1.807) is 11.8 Å². The number of hydrogen-bond donors (Lipinski definition) is 1. The predicted molar refractivity (Wildman–Crippen MR) is 99.6 cm³/mol. The van der Waals surface area contributed by atoms with Crippen LogP contribution in [-0.2, 0) is 11.2 Å². The van der Waals surface area contributed by atoms with Crippen molar-refractivity contribution < 1.29 is 9.32 Å². The number of benzene rings is 2. The molecule has 1 N–H and O–H groups in total. The van der Waals surface area contributed by atoms with Crippen molar-refractivity contribution in [2.75, 3.05) is 11.6 Å². The van der Waals surface area contributed by atoms with Gasteiger partial charge in [0.1, 0.15) is 0 Å². The van der Waals surface area contributed by atoms with E-state index >= 15 is 0 Å². The third-order valence-corrected chi connectivity index (χ3v) is 4.46. The Morgan fingerprint density at radius 2 is 1.84 bits per heavy atom. The molecular weight excluding hydrogens is 334 g/mol. The van der Waals surface area contributed by atoms with Crippen molar-refractivity contribution in [3.63, 3.8) is 0 Å². The number of rotatable bonds is 6. The maximum atomic E-state index is 12.0. The summed E-state index contributed by atoms with van der Waals surface area (Å²) < 4.78 is 5.24. The Bertz CT molecular complexity index is 842. The van der Waals surface area contributed by atoms with E-state index in [9.17, 15) is 4.79 Å². The standard InChI is InChI=1S/C19H19N3O2S/c1-13-3-5-14(6-4-13)19-21-18(24-22-19)12-11-17(23)20-15-7-9-16(25-2)10-8-15/h3-10H,11-12H2,1-2H3,(H,20,23). The van der Waals surface area contributed by atoms with Crippen LogP contribution in [0, 0.1) is 6.92 Å². The van der Waals surface area contributed by atoms with Crippen molar-refractivity contribution in [1.29, 1.82) is 0 Å². The molecule has 3 aromatic rings. The molecule has 0 aliphatic carbocycles. The van der Waals surface area contributed by atoms with E-state index in [-0.39, 0.29) is 5.91 Å². The highest BCUT2D eigenvalue weighted by Crippen LogP contribution is 2.18. The number of amides is 1. The van der Waals surface area contributed by atoms with E-state index in [2.05, 4.69) is 15.5 Å². The zero-order valence-electron chi connectivity index (χ0n) is 14.2. The van der Waals surface area contributed by atoms with Gasteiger partial charge >= 0.3 is 0 Å². The van der Waals surface area contributed by atoms with Crippen molar-refractivity contribution in [2.24, 2.45) is 0 Å². The molecule has 0 unspecified atom stereocenters. The second-order valence-corrected chi connectivity index (χ2v) is 6.53. The lowest BCUT2D eigenvalue weighted by molar-refractivity contribution is -0.116. The lowest BCUT2D eigenvalue weighted by Gasteiger charge is -2.04. The molecular formula is C19H19N3O2S. The highest BCUT2D eigenvalue weighted by Gasteiger charge is 2.11. The average molecular weight is 353 g/mol. The van der Waals surface area contributed by atoms with Gasteiger partial charge in [-0.25, -0.2) is 0 Å². The summed E-state index contributed by atoms with van der Waals surface area (Å²) in [6.07, 6.45) is 2.72. The van der Waals surface area contributed by atoms with Gasteiger partial charge in [-0.05, 0) is 37.4 Å². The van der Waals surface area contributed by atoms with Gasteiger partial charge in [-0.1, -0.05) is 35.0 Å². The summed E-state index contributed by atoms with van der Waals surface area (Å²) in [6, 6.07) is 15.7. The number of carbonyl (C=O) groups is 1. The molecule has 2 aromatic carbocycles. The van der Waals surface area contributed by atoms with E-state index in [4.69, 9.17) is 4.52 Å². The fourth-order valence-electron chi connectivity index (χ4n) is 2.29. The van der Waals surface area contributed by atoms with Crippen LogP contribution >= 0.6 is 11.8 Å². The molecule has 0 fully saturated rings. The summed E-state index contributed by atoms with van der Waals surface area (Å²) in [4.78, 5) is 17.6. The van der Waals surface area contributed by atoms with Crippen molar-refractivity contribution in [3.8, 4) is 11.4 Å². The van der Waals surface area contributed by atoms with Crippen molar-refractivity contribution in [1.82, 2.24) is 10.1 Å². The molecule has 3 rings (SSSR count).